The third kappa shape index (κ3) is 6.48. The Morgan fingerprint density at radius 3 is 2.53 bits per heavy atom. The lowest BCUT2D eigenvalue weighted by molar-refractivity contribution is -0.122. The molecular formula is C11H14Cl2N2O2. The van der Waals surface area contributed by atoms with Gasteiger partial charge in [0.1, 0.15) is 6.61 Å². The molecule has 0 aliphatic carbocycles. The summed E-state index contributed by atoms with van der Waals surface area (Å²) in [4.78, 5) is 10.4. The van der Waals surface area contributed by atoms with Crippen molar-refractivity contribution in [2.75, 3.05) is 19.8 Å². The first kappa shape index (κ1) is 14.3. The number of amides is 1. The van der Waals surface area contributed by atoms with Crippen LogP contribution in [0, 0.1) is 0 Å². The lowest BCUT2D eigenvalue weighted by Gasteiger charge is -2.06. The Kier molecular flexibility index (Phi) is 6.29. The fourth-order valence-electron chi connectivity index (χ4n) is 1.26. The molecule has 0 aromatic heterocycles. The van der Waals surface area contributed by atoms with Gasteiger partial charge in [0.25, 0.3) is 0 Å². The molecule has 0 radical (unpaired) electrons. The number of carbonyl (C=O) groups excluding carboxylic acids is 1. The summed E-state index contributed by atoms with van der Waals surface area (Å²) in [6.07, 6.45) is 0. The molecule has 0 spiro atoms. The molecule has 1 aromatic carbocycles. The minimum absolute atomic E-state index is 0.0509. The van der Waals surface area contributed by atoms with Gasteiger partial charge in [-0.3, -0.25) is 4.79 Å². The number of primary amides is 1. The standard InChI is InChI=1S/C11H14Cl2N2O2/c12-9-3-8(4-10(13)5-9)6-15-1-2-17-7-11(14)16/h3-5,15H,1-2,6-7H2,(H2,14,16). The second-order valence-electron chi connectivity index (χ2n) is 3.47. The largest absolute Gasteiger partial charge is 0.370 e. The van der Waals surface area contributed by atoms with Crippen molar-refractivity contribution >= 4 is 29.1 Å². The van der Waals surface area contributed by atoms with Crippen molar-refractivity contribution in [1.29, 1.82) is 0 Å². The van der Waals surface area contributed by atoms with E-state index in [1.807, 2.05) is 12.1 Å². The molecule has 0 aliphatic rings. The van der Waals surface area contributed by atoms with Crippen LogP contribution >= 0.6 is 23.2 Å². The SMILES string of the molecule is NC(=O)COCCNCc1cc(Cl)cc(Cl)c1. The predicted molar refractivity (Wildman–Crippen MR) is 68.2 cm³/mol. The molecule has 6 heteroatoms. The van der Waals surface area contributed by atoms with Gasteiger partial charge in [-0.15, -0.1) is 0 Å². The summed E-state index contributed by atoms with van der Waals surface area (Å²) in [5.41, 5.74) is 5.92. The second-order valence-corrected chi connectivity index (χ2v) is 4.35. The number of hydrogen-bond acceptors (Lipinski definition) is 3. The molecule has 1 aromatic rings. The Hall–Kier alpha value is -0.810. The average Bonchev–Trinajstić information content (AvgIpc) is 2.21. The predicted octanol–water partition coefficient (Wildman–Crippen LogP) is 1.58. The molecule has 0 fully saturated rings. The first-order valence-corrected chi connectivity index (χ1v) is 5.85. The molecular weight excluding hydrogens is 263 g/mol. The molecule has 1 amide bonds. The maximum Gasteiger partial charge on any atom is 0.243 e. The summed E-state index contributed by atoms with van der Waals surface area (Å²) in [6, 6.07) is 5.36. The number of nitrogens with two attached hydrogens (primary N) is 1. The Bertz CT molecular complexity index is 365. The highest BCUT2D eigenvalue weighted by atomic mass is 35.5. The van der Waals surface area contributed by atoms with Gasteiger partial charge in [0.05, 0.1) is 6.61 Å². The Morgan fingerprint density at radius 1 is 1.29 bits per heavy atom. The first-order valence-electron chi connectivity index (χ1n) is 5.09. The van der Waals surface area contributed by atoms with E-state index in [-0.39, 0.29) is 6.61 Å². The van der Waals surface area contributed by atoms with Crippen molar-refractivity contribution in [2.24, 2.45) is 5.73 Å². The lowest BCUT2D eigenvalue weighted by Crippen LogP contribution is -2.23. The summed E-state index contributed by atoms with van der Waals surface area (Å²) < 4.78 is 4.99. The zero-order chi connectivity index (χ0) is 12.7. The summed E-state index contributed by atoms with van der Waals surface area (Å²) in [5, 5.41) is 4.36. The molecule has 0 atom stereocenters. The molecule has 0 bridgehead atoms. The van der Waals surface area contributed by atoms with E-state index in [4.69, 9.17) is 33.7 Å². The van der Waals surface area contributed by atoms with Crippen LogP contribution in [0.25, 0.3) is 0 Å². The van der Waals surface area contributed by atoms with Gasteiger partial charge >= 0.3 is 0 Å². The zero-order valence-corrected chi connectivity index (χ0v) is 10.7. The van der Waals surface area contributed by atoms with Gasteiger partial charge in [-0.1, -0.05) is 23.2 Å². The van der Waals surface area contributed by atoms with E-state index in [2.05, 4.69) is 5.32 Å². The molecule has 94 valence electrons. The fourth-order valence-corrected chi connectivity index (χ4v) is 1.83. The van der Waals surface area contributed by atoms with Crippen LogP contribution in [0.1, 0.15) is 5.56 Å². The summed E-state index contributed by atoms with van der Waals surface area (Å²) >= 11 is 11.7. The zero-order valence-electron chi connectivity index (χ0n) is 9.21. The number of carbonyl (C=O) groups is 1. The van der Waals surface area contributed by atoms with Crippen LogP contribution in [0.3, 0.4) is 0 Å². The molecule has 4 nitrogen and oxygen atoms in total. The van der Waals surface area contributed by atoms with Crippen LogP contribution in [0.15, 0.2) is 18.2 Å². The number of halogens is 2. The van der Waals surface area contributed by atoms with Crippen LogP contribution in [0.5, 0.6) is 0 Å². The van der Waals surface area contributed by atoms with E-state index in [1.54, 1.807) is 6.07 Å². The summed E-state index contributed by atoms with van der Waals surface area (Å²) in [5.74, 6) is -0.466. The molecule has 1 rings (SSSR count). The van der Waals surface area contributed by atoms with Gasteiger partial charge in [-0.25, -0.2) is 0 Å². The molecule has 17 heavy (non-hydrogen) atoms. The minimum atomic E-state index is -0.466. The van der Waals surface area contributed by atoms with Gasteiger partial charge in [0, 0.05) is 23.1 Å². The smallest absolute Gasteiger partial charge is 0.243 e. The molecule has 3 N–H and O–H groups in total. The quantitative estimate of drug-likeness (QED) is 0.744. The number of ether oxygens (including phenoxy) is 1. The van der Waals surface area contributed by atoms with E-state index in [1.165, 1.54) is 0 Å². The molecule has 0 saturated carbocycles. The summed E-state index contributed by atoms with van der Waals surface area (Å²) in [7, 11) is 0. The van der Waals surface area contributed by atoms with E-state index in [0.717, 1.165) is 5.56 Å². The number of nitrogens with one attached hydrogen (secondary N) is 1. The second kappa shape index (κ2) is 7.50. The Balaban J connectivity index is 2.20. The van der Waals surface area contributed by atoms with Gasteiger partial charge < -0.3 is 15.8 Å². The minimum Gasteiger partial charge on any atom is -0.370 e. The third-order valence-electron chi connectivity index (χ3n) is 1.92. The van der Waals surface area contributed by atoms with E-state index in [0.29, 0.717) is 29.7 Å². The summed E-state index contributed by atoms with van der Waals surface area (Å²) in [6.45, 7) is 1.64. The van der Waals surface area contributed by atoms with Crippen LogP contribution in [0.2, 0.25) is 10.0 Å². The van der Waals surface area contributed by atoms with Crippen molar-refractivity contribution < 1.29 is 9.53 Å². The van der Waals surface area contributed by atoms with Gasteiger partial charge in [-0.2, -0.15) is 0 Å². The van der Waals surface area contributed by atoms with Crippen molar-refractivity contribution in [3.05, 3.63) is 33.8 Å². The topological polar surface area (TPSA) is 64.4 Å². The highest BCUT2D eigenvalue weighted by Gasteiger charge is 1.98. The molecule has 0 unspecified atom stereocenters. The van der Waals surface area contributed by atoms with Crippen LogP contribution in [0.4, 0.5) is 0 Å². The molecule has 0 saturated heterocycles. The van der Waals surface area contributed by atoms with Crippen LogP contribution in [-0.4, -0.2) is 25.7 Å². The van der Waals surface area contributed by atoms with E-state index in [9.17, 15) is 4.79 Å². The van der Waals surface area contributed by atoms with E-state index >= 15 is 0 Å². The monoisotopic (exact) mass is 276 g/mol. The Labute approximate surface area is 110 Å². The fraction of sp³-hybridized carbons (Fsp3) is 0.364. The van der Waals surface area contributed by atoms with Crippen LogP contribution < -0.4 is 11.1 Å². The highest BCUT2D eigenvalue weighted by Crippen LogP contribution is 2.18. The maximum absolute atomic E-state index is 10.4. The number of hydrogen-bond donors (Lipinski definition) is 2. The first-order chi connectivity index (χ1) is 8.08. The van der Waals surface area contributed by atoms with Crippen molar-refractivity contribution in [3.8, 4) is 0 Å². The normalized spacial score (nSPS) is 10.5. The average molecular weight is 277 g/mol. The maximum atomic E-state index is 10.4. The molecule has 0 aliphatic heterocycles. The lowest BCUT2D eigenvalue weighted by atomic mass is 10.2. The van der Waals surface area contributed by atoms with Crippen molar-refractivity contribution in [3.63, 3.8) is 0 Å². The van der Waals surface area contributed by atoms with Gasteiger partial charge in [0.15, 0.2) is 0 Å². The number of rotatable bonds is 7. The van der Waals surface area contributed by atoms with Gasteiger partial charge in [-0.05, 0) is 23.8 Å². The highest BCUT2D eigenvalue weighted by molar-refractivity contribution is 6.34. The van der Waals surface area contributed by atoms with Crippen LogP contribution in [-0.2, 0) is 16.1 Å². The van der Waals surface area contributed by atoms with Crippen molar-refractivity contribution in [2.45, 2.75) is 6.54 Å². The van der Waals surface area contributed by atoms with Gasteiger partial charge in [0.2, 0.25) is 5.91 Å². The van der Waals surface area contributed by atoms with Crippen molar-refractivity contribution in [1.82, 2.24) is 5.32 Å². The van der Waals surface area contributed by atoms with E-state index < -0.39 is 5.91 Å². The third-order valence-corrected chi connectivity index (χ3v) is 2.36. The number of benzene rings is 1. The molecule has 0 heterocycles. The Morgan fingerprint density at radius 2 is 1.94 bits per heavy atom.